The zero-order chi connectivity index (χ0) is 18.1. The lowest BCUT2D eigenvalue weighted by atomic mass is 9.90. The van der Waals surface area contributed by atoms with Crippen molar-refractivity contribution in [1.82, 2.24) is 0 Å². The van der Waals surface area contributed by atoms with E-state index in [2.05, 4.69) is 10.0 Å². The van der Waals surface area contributed by atoms with Crippen molar-refractivity contribution >= 4 is 11.9 Å². The Morgan fingerprint density at radius 1 is 1.38 bits per heavy atom. The second kappa shape index (κ2) is 9.95. The van der Waals surface area contributed by atoms with Crippen LogP contribution in [-0.4, -0.2) is 42.9 Å². The molecule has 0 N–H and O–H groups in total. The molecule has 0 bridgehead atoms. The van der Waals surface area contributed by atoms with E-state index < -0.39 is 30.2 Å². The van der Waals surface area contributed by atoms with Gasteiger partial charge in [-0.15, -0.1) is 0 Å². The molecule has 0 saturated heterocycles. The molecule has 0 aromatic rings. The SMILES string of the molecule is CCOC(=O)C1=C[C@@H](OC(CC)CC)[C@@H](OC(C)=O)[C@H](N=[N+]=[N-])C1. The van der Waals surface area contributed by atoms with Crippen LogP contribution in [0.1, 0.15) is 47.0 Å². The van der Waals surface area contributed by atoms with Gasteiger partial charge in [0.15, 0.2) is 0 Å². The number of nitrogens with zero attached hydrogens (tertiary/aromatic N) is 3. The van der Waals surface area contributed by atoms with Crippen molar-refractivity contribution in [3.63, 3.8) is 0 Å². The van der Waals surface area contributed by atoms with E-state index in [9.17, 15) is 9.59 Å². The van der Waals surface area contributed by atoms with E-state index in [-0.39, 0.29) is 19.1 Å². The molecule has 0 radical (unpaired) electrons. The van der Waals surface area contributed by atoms with E-state index in [0.717, 1.165) is 12.8 Å². The van der Waals surface area contributed by atoms with E-state index in [1.807, 2.05) is 13.8 Å². The van der Waals surface area contributed by atoms with E-state index in [1.54, 1.807) is 13.0 Å². The molecule has 8 nitrogen and oxygen atoms in total. The second-order valence-corrected chi connectivity index (χ2v) is 5.50. The lowest BCUT2D eigenvalue weighted by molar-refractivity contribution is -0.158. The lowest BCUT2D eigenvalue weighted by Crippen LogP contribution is -2.45. The maximum absolute atomic E-state index is 12.1. The number of esters is 2. The summed E-state index contributed by atoms with van der Waals surface area (Å²) in [4.78, 5) is 26.3. The van der Waals surface area contributed by atoms with Crippen molar-refractivity contribution < 1.29 is 23.8 Å². The van der Waals surface area contributed by atoms with Gasteiger partial charge in [-0.25, -0.2) is 4.79 Å². The summed E-state index contributed by atoms with van der Waals surface area (Å²) in [6.45, 7) is 7.21. The molecule has 0 spiro atoms. The van der Waals surface area contributed by atoms with Crippen LogP contribution in [0.4, 0.5) is 0 Å². The molecule has 0 aromatic carbocycles. The van der Waals surface area contributed by atoms with Gasteiger partial charge in [-0.05, 0) is 37.8 Å². The number of carbonyl (C=O) groups excluding carboxylic acids is 2. The summed E-state index contributed by atoms with van der Waals surface area (Å²) >= 11 is 0. The number of hydrogen-bond donors (Lipinski definition) is 0. The Kier molecular flexibility index (Phi) is 8.29. The van der Waals surface area contributed by atoms with E-state index in [1.165, 1.54) is 6.92 Å². The number of ether oxygens (including phenoxy) is 3. The quantitative estimate of drug-likeness (QED) is 0.292. The van der Waals surface area contributed by atoms with Gasteiger partial charge in [-0.1, -0.05) is 19.0 Å². The van der Waals surface area contributed by atoms with Crippen molar-refractivity contribution in [3.05, 3.63) is 22.1 Å². The first-order valence-electron chi connectivity index (χ1n) is 8.21. The normalized spacial score (nSPS) is 23.2. The van der Waals surface area contributed by atoms with Gasteiger partial charge in [0.25, 0.3) is 0 Å². The molecule has 0 unspecified atom stereocenters. The summed E-state index contributed by atoms with van der Waals surface area (Å²) in [5.74, 6) is -0.973. The molecule has 0 aromatic heterocycles. The molecule has 3 atom stereocenters. The molecule has 0 aliphatic heterocycles. The summed E-state index contributed by atoms with van der Waals surface area (Å²) in [6, 6.07) is -0.720. The highest BCUT2D eigenvalue weighted by Gasteiger charge is 2.39. The smallest absolute Gasteiger partial charge is 0.333 e. The van der Waals surface area contributed by atoms with Crippen LogP contribution in [0.25, 0.3) is 10.4 Å². The molecule has 0 saturated carbocycles. The third-order valence-electron chi connectivity index (χ3n) is 3.80. The molecular weight excluding hydrogens is 314 g/mol. The van der Waals surface area contributed by atoms with Crippen LogP contribution in [-0.2, 0) is 23.8 Å². The fourth-order valence-electron chi connectivity index (χ4n) is 2.63. The number of carbonyl (C=O) groups is 2. The average molecular weight is 339 g/mol. The molecule has 0 heterocycles. The summed E-state index contributed by atoms with van der Waals surface area (Å²) in [6.07, 6.45) is 1.82. The first-order valence-corrected chi connectivity index (χ1v) is 8.21. The summed E-state index contributed by atoms with van der Waals surface area (Å²) in [5, 5.41) is 3.69. The van der Waals surface area contributed by atoms with Crippen LogP contribution in [0.5, 0.6) is 0 Å². The fourth-order valence-corrected chi connectivity index (χ4v) is 2.63. The third kappa shape index (κ3) is 5.54. The first kappa shape index (κ1) is 20.0. The molecule has 1 aliphatic carbocycles. The van der Waals surface area contributed by atoms with Crippen molar-refractivity contribution in [2.75, 3.05) is 6.61 Å². The van der Waals surface area contributed by atoms with Crippen LogP contribution in [0, 0.1) is 0 Å². The molecular formula is C16H25N3O5. The van der Waals surface area contributed by atoms with Crippen LogP contribution in [0.3, 0.4) is 0 Å². The van der Waals surface area contributed by atoms with Crippen molar-refractivity contribution in [3.8, 4) is 0 Å². The van der Waals surface area contributed by atoms with Gasteiger partial charge in [0, 0.05) is 17.4 Å². The van der Waals surface area contributed by atoms with E-state index in [0.29, 0.717) is 5.57 Å². The number of azide groups is 1. The predicted octanol–water partition coefficient (Wildman–Crippen LogP) is 3.06. The average Bonchev–Trinajstić information content (AvgIpc) is 2.54. The predicted molar refractivity (Wildman–Crippen MR) is 87.1 cm³/mol. The summed E-state index contributed by atoms with van der Waals surface area (Å²) < 4.78 is 16.3. The maximum Gasteiger partial charge on any atom is 0.333 e. The Bertz CT molecular complexity index is 524. The Balaban J connectivity index is 3.17. The number of rotatable bonds is 8. The van der Waals surface area contributed by atoms with Gasteiger partial charge in [-0.2, -0.15) is 0 Å². The standard InChI is InChI=1S/C16H25N3O5/c1-5-12(6-2)24-14-9-11(16(21)22-7-3)8-13(18-19-17)15(14)23-10(4)20/h9,12-15H,5-8H2,1-4H3/t13-,14-,15+/m1/s1. The molecule has 0 amide bonds. The van der Waals surface area contributed by atoms with E-state index >= 15 is 0 Å². The largest absolute Gasteiger partial charge is 0.463 e. The molecule has 8 heteroatoms. The summed E-state index contributed by atoms with van der Waals surface area (Å²) in [5.41, 5.74) is 9.17. The van der Waals surface area contributed by atoms with Gasteiger partial charge in [-0.3, -0.25) is 4.79 Å². The van der Waals surface area contributed by atoms with Crippen molar-refractivity contribution in [2.45, 2.75) is 71.3 Å². The Labute approximate surface area is 141 Å². The number of hydrogen-bond acceptors (Lipinski definition) is 6. The zero-order valence-electron chi connectivity index (χ0n) is 14.6. The summed E-state index contributed by atoms with van der Waals surface area (Å²) in [7, 11) is 0. The van der Waals surface area contributed by atoms with Crippen molar-refractivity contribution in [1.29, 1.82) is 0 Å². The van der Waals surface area contributed by atoms with E-state index in [4.69, 9.17) is 19.7 Å². The molecule has 1 aliphatic rings. The Hall–Kier alpha value is -2.05. The first-order chi connectivity index (χ1) is 11.5. The minimum atomic E-state index is -0.767. The van der Waals surface area contributed by atoms with Gasteiger partial charge >= 0.3 is 11.9 Å². The van der Waals surface area contributed by atoms with Gasteiger partial charge < -0.3 is 14.2 Å². The topological polar surface area (TPSA) is 111 Å². The Morgan fingerprint density at radius 3 is 2.54 bits per heavy atom. The monoisotopic (exact) mass is 339 g/mol. The van der Waals surface area contributed by atoms with Crippen LogP contribution >= 0.6 is 0 Å². The highest BCUT2D eigenvalue weighted by molar-refractivity contribution is 5.89. The van der Waals surface area contributed by atoms with Crippen molar-refractivity contribution in [2.24, 2.45) is 5.11 Å². The minimum Gasteiger partial charge on any atom is -0.463 e. The lowest BCUT2D eigenvalue weighted by Gasteiger charge is -2.35. The van der Waals surface area contributed by atoms with Gasteiger partial charge in [0.1, 0.15) is 12.2 Å². The third-order valence-corrected chi connectivity index (χ3v) is 3.80. The highest BCUT2D eigenvalue weighted by Crippen LogP contribution is 2.29. The minimum absolute atomic E-state index is 0.0578. The molecule has 134 valence electrons. The van der Waals surface area contributed by atoms with Gasteiger partial charge in [0.2, 0.25) is 0 Å². The van der Waals surface area contributed by atoms with Crippen LogP contribution in [0.2, 0.25) is 0 Å². The fraction of sp³-hybridized carbons (Fsp3) is 0.750. The zero-order valence-corrected chi connectivity index (χ0v) is 14.6. The molecule has 24 heavy (non-hydrogen) atoms. The van der Waals surface area contributed by atoms with Gasteiger partial charge in [0.05, 0.1) is 18.8 Å². The maximum atomic E-state index is 12.1. The Morgan fingerprint density at radius 2 is 2.04 bits per heavy atom. The molecule has 0 fully saturated rings. The molecule has 1 rings (SSSR count). The highest BCUT2D eigenvalue weighted by atomic mass is 16.6. The second-order valence-electron chi connectivity index (χ2n) is 5.50. The van der Waals surface area contributed by atoms with Crippen LogP contribution in [0.15, 0.2) is 16.8 Å². The van der Waals surface area contributed by atoms with Crippen LogP contribution < -0.4 is 0 Å².